The minimum atomic E-state index is -1.12. The molecular weight excluding hydrogens is 476 g/mol. The summed E-state index contributed by atoms with van der Waals surface area (Å²) in [7, 11) is 0. The quantitative estimate of drug-likeness (QED) is 0.294. The van der Waals surface area contributed by atoms with Crippen LogP contribution in [0.4, 0.5) is 4.79 Å². The van der Waals surface area contributed by atoms with Crippen LogP contribution >= 0.6 is 0 Å². The third-order valence-electron chi connectivity index (χ3n) is 6.21. The number of primary amides is 1. The van der Waals surface area contributed by atoms with Crippen LogP contribution in [-0.2, 0) is 19.1 Å². The number of carbonyl (C=O) groups is 4. The fraction of sp³-hybridized carbons (Fsp3) is 0.630. The summed E-state index contributed by atoms with van der Waals surface area (Å²) in [5.41, 5.74) is 5.09. The van der Waals surface area contributed by atoms with Gasteiger partial charge in [-0.2, -0.15) is 0 Å². The van der Waals surface area contributed by atoms with E-state index in [0.29, 0.717) is 24.9 Å². The van der Waals surface area contributed by atoms with Crippen molar-refractivity contribution in [3.8, 4) is 5.75 Å². The maximum atomic E-state index is 14.0. The van der Waals surface area contributed by atoms with Crippen molar-refractivity contribution in [2.24, 2.45) is 5.73 Å². The Morgan fingerprint density at radius 3 is 2.30 bits per heavy atom. The van der Waals surface area contributed by atoms with Gasteiger partial charge in [-0.25, -0.2) is 4.79 Å². The molecule has 1 aliphatic carbocycles. The molecule has 0 bridgehead atoms. The fourth-order valence-electron chi connectivity index (χ4n) is 4.13. The molecule has 0 saturated heterocycles. The monoisotopic (exact) mass is 518 g/mol. The molecule has 37 heavy (non-hydrogen) atoms. The van der Waals surface area contributed by atoms with Crippen molar-refractivity contribution < 1.29 is 29.0 Å². The summed E-state index contributed by atoms with van der Waals surface area (Å²) in [6.45, 7) is 7.66. The van der Waals surface area contributed by atoms with Crippen LogP contribution in [0, 0.1) is 0 Å². The number of hydrogen-bond acceptors (Lipinski definition) is 6. The summed E-state index contributed by atoms with van der Waals surface area (Å²) in [6, 6.07) is 3.87. The van der Waals surface area contributed by atoms with Crippen molar-refractivity contribution in [2.75, 3.05) is 6.54 Å². The van der Waals surface area contributed by atoms with Crippen molar-refractivity contribution in [1.29, 1.82) is 0 Å². The van der Waals surface area contributed by atoms with Gasteiger partial charge in [-0.1, -0.05) is 31.9 Å². The molecule has 0 spiro atoms. The average Bonchev–Trinajstić information content (AvgIpc) is 2.77. The number of phenolic OH excluding ortho intramolecular Hbond substituents is 1. The standard InChI is InChI=1S/C27H42N4O6/c1-5-6-7-17-29-24(34)23(18-11-13-20(32)14-12-18)31(19-9-8-10-19)25(35)21(15-16-22(28)33)30-26(36)37-27(2,3)4/h11-14,19,21,23,32H,5-10,15-17H2,1-4H3,(H2,28,33)(H,29,34)(H,30,36). The summed E-state index contributed by atoms with van der Waals surface area (Å²) in [4.78, 5) is 53.2. The Hall–Kier alpha value is -3.30. The zero-order valence-corrected chi connectivity index (χ0v) is 22.4. The van der Waals surface area contributed by atoms with Crippen molar-refractivity contribution >= 4 is 23.8 Å². The lowest BCUT2D eigenvalue weighted by Gasteiger charge is -2.43. The van der Waals surface area contributed by atoms with Crippen LogP contribution in [0.25, 0.3) is 0 Å². The van der Waals surface area contributed by atoms with Crippen LogP contribution in [0.3, 0.4) is 0 Å². The molecule has 10 heteroatoms. The Kier molecular flexibility index (Phi) is 11.2. The molecule has 0 heterocycles. The minimum absolute atomic E-state index is 0.0307. The molecule has 2 atom stereocenters. The van der Waals surface area contributed by atoms with E-state index in [4.69, 9.17) is 10.5 Å². The van der Waals surface area contributed by atoms with Gasteiger partial charge < -0.3 is 31.1 Å². The van der Waals surface area contributed by atoms with Gasteiger partial charge in [0.1, 0.15) is 23.4 Å². The van der Waals surface area contributed by atoms with Crippen LogP contribution in [0.2, 0.25) is 0 Å². The lowest BCUT2D eigenvalue weighted by Crippen LogP contribution is -2.57. The van der Waals surface area contributed by atoms with Crippen LogP contribution in [-0.4, -0.2) is 58.1 Å². The smallest absolute Gasteiger partial charge is 0.408 e. The van der Waals surface area contributed by atoms with Crippen molar-refractivity contribution in [3.05, 3.63) is 29.8 Å². The molecule has 0 aliphatic heterocycles. The number of aromatic hydroxyl groups is 1. The van der Waals surface area contributed by atoms with E-state index in [1.54, 1.807) is 32.9 Å². The zero-order chi connectivity index (χ0) is 27.6. The first-order chi connectivity index (χ1) is 17.4. The maximum Gasteiger partial charge on any atom is 0.408 e. The number of alkyl carbamates (subject to hydrolysis) is 1. The molecule has 2 rings (SSSR count). The molecular formula is C27H42N4O6. The number of hydrogen-bond donors (Lipinski definition) is 4. The normalized spacial score (nSPS) is 15.1. The average molecular weight is 519 g/mol. The number of ether oxygens (including phenoxy) is 1. The largest absolute Gasteiger partial charge is 0.508 e. The predicted octanol–water partition coefficient (Wildman–Crippen LogP) is 3.28. The predicted molar refractivity (Wildman–Crippen MR) is 139 cm³/mol. The Morgan fingerprint density at radius 2 is 1.78 bits per heavy atom. The van der Waals surface area contributed by atoms with E-state index in [2.05, 4.69) is 17.6 Å². The van der Waals surface area contributed by atoms with Crippen molar-refractivity contribution in [3.63, 3.8) is 0 Å². The van der Waals surface area contributed by atoms with Crippen LogP contribution in [0.5, 0.6) is 5.75 Å². The molecule has 10 nitrogen and oxygen atoms in total. The van der Waals surface area contributed by atoms with E-state index < -0.39 is 35.6 Å². The Morgan fingerprint density at radius 1 is 1.14 bits per heavy atom. The van der Waals surface area contributed by atoms with E-state index in [1.165, 1.54) is 17.0 Å². The van der Waals surface area contributed by atoms with Gasteiger partial charge in [0, 0.05) is 19.0 Å². The van der Waals surface area contributed by atoms with Crippen LogP contribution in [0.1, 0.15) is 90.7 Å². The Labute approximate surface area is 219 Å². The molecule has 1 saturated carbocycles. The van der Waals surface area contributed by atoms with Gasteiger partial charge in [0.15, 0.2) is 0 Å². The molecule has 5 N–H and O–H groups in total. The molecule has 2 unspecified atom stereocenters. The lowest BCUT2D eigenvalue weighted by atomic mass is 9.87. The van der Waals surface area contributed by atoms with E-state index >= 15 is 0 Å². The maximum absolute atomic E-state index is 14.0. The molecule has 4 amide bonds. The zero-order valence-electron chi connectivity index (χ0n) is 22.4. The summed E-state index contributed by atoms with van der Waals surface area (Å²) >= 11 is 0. The number of nitrogens with one attached hydrogen (secondary N) is 2. The summed E-state index contributed by atoms with van der Waals surface area (Å²) in [5, 5.41) is 15.4. The van der Waals surface area contributed by atoms with Gasteiger partial charge >= 0.3 is 6.09 Å². The van der Waals surface area contributed by atoms with Gasteiger partial charge in [-0.05, 0) is 70.6 Å². The second-order valence-electron chi connectivity index (χ2n) is 10.5. The first-order valence-electron chi connectivity index (χ1n) is 13.1. The number of benzene rings is 1. The van der Waals surface area contributed by atoms with Gasteiger partial charge in [-0.15, -0.1) is 0 Å². The summed E-state index contributed by atoms with van der Waals surface area (Å²) in [6.07, 6.45) is 4.13. The topological polar surface area (TPSA) is 151 Å². The van der Waals surface area contributed by atoms with E-state index in [1.807, 2.05) is 0 Å². The lowest BCUT2D eigenvalue weighted by molar-refractivity contribution is -0.147. The molecule has 0 aromatic heterocycles. The summed E-state index contributed by atoms with van der Waals surface area (Å²) < 4.78 is 5.34. The highest BCUT2D eigenvalue weighted by atomic mass is 16.6. The first-order valence-corrected chi connectivity index (χ1v) is 13.1. The number of nitrogens with zero attached hydrogens (tertiary/aromatic N) is 1. The second-order valence-corrected chi connectivity index (χ2v) is 10.5. The highest BCUT2D eigenvalue weighted by Crippen LogP contribution is 2.34. The van der Waals surface area contributed by atoms with Gasteiger partial charge in [0.25, 0.3) is 0 Å². The van der Waals surface area contributed by atoms with E-state index in [0.717, 1.165) is 25.7 Å². The number of carbonyl (C=O) groups excluding carboxylic acids is 4. The third-order valence-corrected chi connectivity index (χ3v) is 6.21. The molecule has 206 valence electrons. The molecule has 1 aliphatic rings. The van der Waals surface area contributed by atoms with E-state index in [-0.39, 0.29) is 30.5 Å². The van der Waals surface area contributed by atoms with Crippen molar-refractivity contribution in [1.82, 2.24) is 15.5 Å². The molecule has 0 radical (unpaired) electrons. The van der Waals surface area contributed by atoms with Crippen molar-refractivity contribution in [2.45, 2.75) is 103 Å². The highest BCUT2D eigenvalue weighted by molar-refractivity contribution is 5.92. The fourth-order valence-corrected chi connectivity index (χ4v) is 4.13. The number of nitrogens with two attached hydrogens (primary N) is 1. The third kappa shape index (κ3) is 9.59. The molecule has 1 fully saturated rings. The number of unbranched alkanes of at least 4 members (excludes halogenated alkanes) is 2. The Balaban J connectivity index is 2.42. The molecule has 1 aromatic carbocycles. The number of phenols is 1. The Bertz CT molecular complexity index is 924. The van der Waals surface area contributed by atoms with Crippen LogP contribution < -0.4 is 16.4 Å². The first kappa shape index (κ1) is 29.9. The van der Waals surface area contributed by atoms with E-state index in [9.17, 15) is 24.3 Å². The van der Waals surface area contributed by atoms with Gasteiger partial charge in [-0.3, -0.25) is 14.4 Å². The highest BCUT2D eigenvalue weighted by Gasteiger charge is 2.42. The number of amides is 4. The SMILES string of the molecule is CCCCCNC(=O)C(c1ccc(O)cc1)N(C(=O)C(CCC(N)=O)NC(=O)OC(C)(C)C)C1CCC1. The summed E-state index contributed by atoms with van der Waals surface area (Å²) in [5.74, 6) is -1.40. The van der Waals surface area contributed by atoms with Gasteiger partial charge in [0.05, 0.1) is 0 Å². The number of rotatable bonds is 13. The molecule has 1 aromatic rings. The van der Waals surface area contributed by atoms with Crippen LogP contribution in [0.15, 0.2) is 24.3 Å². The van der Waals surface area contributed by atoms with Gasteiger partial charge in [0.2, 0.25) is 17.7 Å². The minimum Gasteiger partial charge on any atom is -0.508 e. The second kappa shape index (κ2) is 13.9.